The van der Waals surface area contributed by atoms with Gasteiger partial charge in [0, 0.05) is 0 Å². The van der Waals surface area contributed by atoms with Crippen molar-refractivity contribution in [2.24, 2.45) is 0 Å². The van der Waals surface area contributed by atoms with Crippen LogP contribution in [-0.2, 0) is 0 Å². The smallest absolute Gasteiger partial charge is 0.166 e. The van der Waals surface area contributed by atoms with Gasteiger partial charge in [0.25, 0.3) is 0 Å². The molecule has 4 nitrogen and oxygen atoms in total. The molecule has 1 aliphatic heterocycles. The Kier molecular flexibility index (Phi) is 3.14. The number of nitrogens with two attached hydrogens (primary N) is 1. The standard InChI is InChI=1S/C15H15NO3/c16-12-5-1-2-6-13(12)17-9-11-10-18-14-7-3-4-8-15(14)19-11/h1-8,11H,9-10,16H2. The fraction of sp³-hybridized carbons (Fsp3) is 0.200. The van der Waals surface area contributed by atoms with E-state index in [1.54, 1.807) is 0 Å². The van der Waals surface area contributed by atoms with Crippen LogP contribution in [0.2, 0.25) is 0 Å². The Bertz CT molecular complexity index is 571. The van der Waals surface area contributed by atoms with Crippen molar-refractivity contribution >= 4 is 5.69 Å². The SMILES string of the molecule is Nc1ccccc1OCC1COc2ccccc2O1. The van der Waals surface area contributed by atoms with Crippen LogP contribution in [0.4, 0.5) is 5.69 Å². The molecule has 98 valence electrons. The molecule has 1 unspecified atom stereocenters. The number of rotatable bonds is 3. The first-order valence-electron chi connectivity index (χ1n) is 6.19. The molecule has 0 amide bonds. The van der Waals surface area contributed by atoms with E-state index in [0.29, 0.717) is 24.7 Å². The lowest BCUT2D eigenvalue weighted by atomic mass is 10.2. The zero-order valence-corrected chi connectivity index (χ0v) is 10.4. The molecule has 4 heteroatoms. The average molecular weight is 257 g/mol. The van der Waals surface area contributed by atoms with Crippen molar-refractivity contribution in [3.63, 3.8) is 0 Å². The number of fused-ring (bicyclic) bond motifs is 1. The number of nitrogen functional groups attached to an aromatic ring is 1. The number of anilines is 1. The molecule has 2 aromatic carbocycles. The highest BCUT2D eigenvalue weighted by Crippen LogP contribution is 2.31. The molecule has 3 rings (SSSR count). The summed E-state index contributed by atoms with van der Waals surface area (Å²) in [5.41, 5.74) is 6.44. The lowest BCUT2D eigenvalue weighted by molar-refractivity contribution is 0.0538. The van der Waals surface area contributed by atoms with E-state index in [9.17, 15) is 0 Å². The number of hydrogen-bond donors (Lipinski definition) is 1. The number of benzene rings is 2. The maximum absolute atomic E-state index is 5.82. The maximum atomic E-state index is 5.82. The van der Waals surface area contributed by atoms with Crippen LogP contribution in [0, 0.1) is 0 Å². The predicted octanol–water partition coefficient (Wildman–Crippen LogP) is 2.49. The van der Waals surface area contributed by atoms with E-state index in [2.05, 4.69) is 0 Å². The predicted molar refractivity (Wildman–Crippen MR) is 72.7 cm³/mol. The van der Waals surface area contributed by atoms with Crippen LogP contribution in [-0.4, -0.2) is 19.3 Å². The summed E-state index contributed by atoms with van der Waals surface area (Å²) in [5.74, 6) is 2.20. The Morgan fingerprint density at radius 3 is 2.63 bits per heavy atom. The Labute approximate surface area is 111 Å². The van der Waals surface area contributed by atoms with Gasteiger partial charge in [0.05, 0.1) is 5.69 Å². The Hall–Kier alpha value is -2.36. The molecule has 0 saturated carbocycles. The molecular formula is C15H15NO3. The van der Waals surface area contributed by atoms with Gasteiger partial charge in [-0.1, -0.05) is 24.3 Å². The first kappa shape index (κ1) is 11.7. The van der Waals surface area contributed by atoms with Crippen molar-refractivity contribution in [1.29, 1.82) is 0 Å². The quantitative estimate of drug-likeness (QED) is 0.858. The van der Waals surface area contributed by atoms with Crippen molar-refractivity contribution in [3.8, 4) is 17.2 Å². The molecule has 1 aliphatic rings. The molecule has 0 bridgehead atoms. The average Bonchev–Trinajstić information content (AvgIpc) is 2.46. The second-order valence-electron chi connectivity index (χ2n) is 4.35. The van der Waals surface area contributed by atoms with Crippen molar-refractivity contribution in [2.75, 3.05) is 18.9 Å². The van der Waals surface area contributed by atoms with Crippen molar-refractivity contribution < 1.29 is 14.2 Å². The van der Waals surface area contributed by atoms with Gasteiger partial charge in [0.15, 0.2) is 17.6 Å². The lowest BCUT2D eigenvalue weighted by Crippen LogP contribution is -2.34. The first-order valence-corrected chi connectivity index (χ1v) is 6.19. The molecule has 0 saturated heterocycles. The van der Waals surface area contributed by atoms with Gasteiger partial charge in [-0.05, 0) is 24.3 Å². The summed E-state index contributed by atoms with van der Waals surface area (Å²) >= 11 is 0. The molecule has 1 heterocycles. The van der Waals surface area contributed by atoms with E-state index in [1.807, 2.05) is 48.5 Å². The summed E-state index contributed by atoms with van der Waals surface area (Å²) in [5, 5.41) is 0. The topological polar surface area (TPSA) is 53.7 Å². The van der Waals surface area contributed by atoms with Crippen LogP contribution >= 0.6 is 0 Å². The van der Waals surface area contributed by atoms with Crippen LogP contribution in [0.1, 0.15) is 0 Å². The van der Waals surface area contributed by atoms with Crippen molar-refractivity contribution in [2.45, 2.75) is 6.10 Å². The van der Waals surface area contributed by atoms with E-state index >= 15 is 0 Å². The van der Waals surface area contributed by atoms with Crippen molar-refractivity contribution in [1.82, 2.24) is 0 Å². The lowest BCUT2D eigenvalue weighted by Gasteiger charge is -2.26. The van der Waals surface area contributed by atoms with Gasteiger partial charge in [-0.15, -0.1) is 0 Å². The van der Waals surface area contributed by atoms with Gasteiger partial charge in [-0.25, -0.2) is 0 Å². The van der Waals surface area contributed by atoms with Crippen LogP contribution in [0.3, 0.4) is 0 Å². The van der Waals surface area contributed by atoms with E-state index in [4.69, 9.17) is 19.9 Å². The summed E-state index contributed by atoms with van der Waals surface area (Å²) in [6, 6.07) is 15.0. The molecular weight excluding hydrogens is 242 g/mol. The van der Waals surface area contributed by atoms with E-state index in [0.717, 1.165) is 11.5 Å². The molecule has 2 aromatic rings. The van der Waals surface area contributed by atoms with Gasteiger partial charge < -0.3 is 19.9 Å². The third kappa shape index (κ3) is 2.57. The van der Waals surface area contributed by atoms with Gasteiger partial charge in [-0.3, -0.25) is 0 Å². The summed E-state index contributed by atoms with van der Waals surface area (Å²) in [6.45, 7) is 0.881. The minimum atomic E-state index is -0.130. The second-order valence-corrected chi connectivity index (χ2v) is 4.35. The Morgan fingerprint density at radius 1 is 1.05 bits per heavy atom. The monoisotopic (exact) mass is 257 g/mol. The zero-order valence-electron chi connectivity index (χ0n) is 10.4. The maximum Gasteiger partial charge on any atom is 0.166 e. The second kappa shape index (κ2) is 5.10. The Balaban J connectivity index is 1.62. The number of hydrogen-bond acceptors (Lipinski definition) is 4. The van der Waals surface area contributed by atoms with Crippen LogP contribution in [0.15, 0.2) is 48.5 Å². The summed E-state index contributed by atoms with van der Waals surface area (Å²) in [7, 11) is 0. The van der Waals surface area contributed by atoms with Gasteiger partial charge >= 0.3 is 0 Å². The highest BCUT2D eigenvalue weighted by atomic mass is 16.6. The largest absolute Gasteiger partial charge is 0.487 e. The summed E-state index contributed by atoms with van der Waals surface area (Å²) < 4.78 is 17.1. The summed E-state index contributed by atoms with van der Waals surface area (Å²) in [4.78, 5) is 0. The minimum absolute atomic E-state index is 0.130. The van der Waals surface area contributed by atoms with Crippen LogP contribution in [0.25, 0.3) is 0 Å². The van der Waals surface area contributed by atoms with E-state index in [1.165, 1.54) is 0 Å². The molecule has 0 fully saturated rings. The molecule has 0 aromatic heterocycles. The number of ether oxygens (including phenoxy) is 3. The third-order valence-corrected chi connectivity index (χ3v) is 2.91. The first-order chi connectivity index (χ1) is 9.33. The van der Waals surface area contributed by atoms with Crippen LogP contribution in [0.5, 0.6) is 17.2 Å². The molecule has 0 radical (unpaired) electrons. The normalized spacial score (nSPS) is 16.9. The van der Waals surface area contributed by atoms with Gasteiger partial charge in [0.1, 0.15) is 19.0 Å². The van der Waals surface area contributed by atoms with E-state index in [-0.39, 0.29) is 6.10 Å². The fourth-order valence-electron chi connectivity index (χ4n) is 1.94. The van der Waals surface area contributed by atoms with Crippen LogP contribution < -0.4 is 19.9 Å². The highest BCUT2D eigenvalue weighted by molar-refractivity contribution is 5.51. The minimum Gasteiger partial charge on any atom is -0.487 e. The molecule has 19 heavy (non-hydrogen) atoms. The van der Waals surface area contributed by atoms with Crippen molar-refractivity contribution in [3.05, 3.63) is 48.5 Å². The fourth-order valence-corrected chi connectivity index (χ4v) is 1.94. The van der Waals surface area contributed by atoms with Gasteiger partial charge in [0.2, 0.25) is 0 Å². The molecule has 0 spiro atoms. The summed E-state index contributed by atoms with van der Waals surface area (Å²) in [6.07, 6.45) is -0.130. The molecule has 0 aliphatic carbocycles. The zero-order chi connectivity index (χ0) is 13.1. The Morgan fingerprint density at radius 2 is 1.79 bits per heavy atom. The number of para-hydroxylation sites is 4. The third-order valence-electron chi connectivity index (χ3n) is 2.91. The van der Waals surface area contributed by atoms with Gasteiger partial charge in [-0.2, -0.15) is 0 Å². The molecule has 2 N–H and O–H groups in total. The van der Waals surface area contributed by atoms with E-state index < -0.39 is 0 Å². The highest BCUT2D eigenvalue weighted by Gasteiger charge is 2.21. The molecule has 1 atom stereocenters.